The van der Waals surface area contributed by atoms with Gasteiger partial charge >= 0.3 is 0 Å². The number of hydrogen-bond donors (Lipinski definition) is 1. The lowest BCUT2D eigenvalue weighted by molar-refractivity contribution is -0.130. The van der Waals surface area contributed by atoms with Gasteiger partial charge < -0.3 is 20.0 Å². The summed E-state index contributed by atoms with van der Waals surface area (Å²) in [5, 5.41) is 2.70. The van der Waals surface area contributed by atoms with Crippen LogP contribution in [0.15, 0.2) is 36.4 Å². The smallest absolute Gasteiger partial charge is 0.251 e. The molecule has 0 unspecified atom stereocenters. The Kier molecular flexibility index (Phi) is 6.08. The van der Waals surface area contributed by atoms with Crippen LogP contribution in [0.5, 0.6) is 0 Å². The molecule has 1 aromatic carbocycles. The summed E-state index contributed by atoms with van der Waals surface area (Å²) in [7, 11) is 3.90. The van der Waals surface area contributed by atoms with E-state index < -0.39 is 0 Å². The summed E-state index contributed by atoms with van der Waals surface area (Å²) >= 11 is 0. The van der Waals surface area contributed by atoms with Crippen molar-refractivity contribution in [1.29, 1.82) is 0 Å². The summed E-state index contributed by atoms with van der Waals surface area (Å²) in [6.45, 7) is 4.47. The number of nitrogens with zero attached hydrogens (tertiary/aromatic N) is 5. The van der Waals surface area contributed by atoms with Gasteiger partial charge in [0.2, 0.25) is 5.91 Å². The van der Waals surface area contributed by atoms with E-state index in [1.54, 1.807) is 29.2 Å². The van der Waals surface area contributed by atoms with E-state index in [0.29, 0.717) is 31.7 Å². The lowest BCUT2D eigenvalue weighted by Crippen LogP contribution is -2.51. The first-order valence-electron chi connectivity index (χ1n) is 9.33. The van der Waals surface area contributed by atoms with Crippen molar-refractivity contribution in [3.05, 3.63) is 47.8 Å². The Morgan fingerprint density at radius 2 is 1.75 bits per heavy atom. The van der Waals surface area contributed by atoms with Crippen molar-refractivity contribution in [3.8, 4) is 0 Å². The van der Waals surface area contributed by atoms with E-state index in [2.05, 4.69) is 20.2 Å². The third kappa shape index (κ3) is 4.76. The number of anilines is 2. The Hall–Kier alpha value is -3.16. The lowest BCUT2D eigenvalue weighted by Gasteiger charge is -2.35. The first-order valence-corrected chi connectivity index (χ1v) is 9.33. The molecular formula is C20H26N6O2. The Morgan fingerprint density at radius 1 is 1.07 bits per heavy atom. The quantitative estimate of drug-likeness (QED) is 0.829. The summed E-state index contributed by atoms with van der Waals surface area (Å²) in [4.78, 5) is 39.4. The number of amides is 2. The molecule has 148 valence electrons. The van der Waals surface area contributed by atoms with Gasteiger partial charge in [0.15, 0.2) is 0 Å². The van der Waals surface area contributed by atoms with Gasteiger partial charge in [-0.1, -0.05) is 18.2 Å². The van der Waals surface area contributed by atoms with Crippen molar-refractivity contribution in [1.82, 2.24) is 20.2 Å². The highest BCUT2D eigenvalue weighted by Crippen LogP contribution is 2.19. The van der Waals surface area contributed by atoms with Crippen LogP contribution in [-0.4, -0.2) is 73.5 Å². The van der Waals surface area contributed by atoms with Crippen LogP contribution >= 0.6 is 0 Å². The molecule has 2 aromatic rings. The average Bonchev–Trinajstić information content (AvgIpc) is 2.72. The highest BCUT2D eigenvalue weighted by Gasteiger charge is 2.23. The van der Waals surface area contributed by atoms with Crippen molar-refractivity contribution < 1.29 is 9.59 Å². The highest BCUT2D eigenvalue weighted by atomic mass is 16.2. The van der Waals surface area contributed by atoms with Crippen LogP contribution in [0.1, 0.15) is 16.2 Å². The third-order valence-corrected chi connectivity index (χ3v) is 4.66. The predicted octanol–water partition coefficient (Wildman–Crippen LogP) is 0.930. The maximum atomic E-state index is 12.4. The van der Waals surface area contributed by atoms with Crippen LogP contribution in [0.4, 0.5) is 11.6 Å². The second-order valence-corrected chi connectivity index (χ2v) is 6.94. The minimum Gasteiger partial charge on any atom is -0.363 e. The second-order valence-electron chi connectivity index (χ2n) is 6.94. The number of aryl methyl sites for hydroxylation is 1. The molecule has 1 aliphatic rings. The zero-order valence-electron chi connectivity index (χ0n) is 16.6. The van der Waals surface area contributed by atoms with Crippen LogP contribution in [0, 0.1) is 6.92 Å². The molecule has 1 aliphatic heterocycles. The van der Waals surface area contributed by atoms with E-state index in [-0.39, 0.29) is 18.4 Å². The van der Waals surface area contributed by atoms with Crippen molar-refractivity contribution in [2.75, 3.05) is 56.6 Å². The molecule has 0 spiro atoms. The topological polar surface area (TPSA) is 81.7 Å². The minimum atomic E-state index is -0.236. The fourth-order valence-corrected chi connectivity index (χ4v) is 3.07. The Bertz CT molecular complexity index is 832. The number of rotatable bonds is 5. The normalized spacial score (nSPS) is 14.0. The molecule has 1 N–H and O–H groups in total. The molecule has 0 bridgehead atoms. The van der Waals surface area contributed by atoms with E-state index in [9.17, 15) is 9.59 Å². The molecule has 2 amide bonds. The Labute approximate surface area is 165 Å². The van der Waals surface area contributed by atoms with E-state index in [0.717, 1.165) is 17.5 Å². The summed E-state index contributed by atoms with van der Waals surface area (Å²) in [6.07, 6.45) is 0. The maximum Gasteiger partial charge on any atom is 0.251 e. The standard InChI is InChI=1S/C20H26N6O2/c1-15-22-17(24(2)3)13-18(23-15)25-9-11-26(12-10-25)19(27)14-21-20(28)16-7-5-4-6-8-16/h4-8,13H,9-12,14H2,1-3H3,(H,21,28). The van der Waals surface area contributed by atoms with Crippen LogP contribution < -0.4 is 15.1 Å². The van der Waals surface area contributed by atoms with Gasteiger partial charge in [-0.25, -0.2) is 9.97 Å². The van der Waals surface area contributed by atoms with Crippen molar-refractivity contribution >= 4 is 23.5 Å². The lowest BCUT2D eigenvalue weighted by atomic mass is 10.2. The van der Waals surface area contributed by atoms with E-state index in [1.807, 2.05) is 38.1 Å². The van der Waals surface area contributed by atoms with Gasteiger partial charge in [0.1, 0.15) is 17.5 Å². The number of nitrogens with one attached hydrogen (secondary N) is 1. The third-order valence-electron chi connectivity index (χ3n) is 4.66. The van der Waals surface area contributed by atoms with Crippen LogP contribution in [-0.2, 0) is 4.79 Å². The fourth-order valence-electron chi connectivity index (χ4n) is 3.07. The van der Waals surface area contributed by atoms with Gasteiger partial charge in [0.05, 0.1) is 6.54 Å². The monoisotopic (exact) mass is 382 g/mol. The first-order chi connectivity index (χ1) is 13.4. The van der Waals surface area contributed by atoms with Gasteiger partial charge in [-0.2, -0.15) is 0 Å². The number of benzene rings is 1. The van der Waals surface area contributed by atoms with Gasteiger partial charge in [0, 0.05) is 51.9 Å². The summed E-state index contributed by atoms with van der Waals surface area (Å²) < 4.78 is 0. The molecule has 1 fully saturated rings. The maximum absolute atomic E-state index is 12.4. The van der Waals surface area contributed by atoms with E-state index in [1.165, 1.54) is 0 Å². The zero-order valence-corrected chi connectivity index (χ0v) is 16.6. The molecule has 8 heteroatoms. The molecule has 0 aliphatic carbocycles. The number of piperazine rings is 1. The van der Waals surface area contributed by atoms with Crippen molar-refractivity contribution in [3.63, 3.8) is 0 Å². The fraction of sp³-hybridized carbons (Fsp3) is 0.400. The second kappa shape index (κ2) is 8.69. The van der Waals surface area contributed by atoms with Crippen LogP contribution in [0.25, 0.3) is 0 Å². The average molecular weight is 382 g/mol. The van der Waals surface area contributed by atoms with Crippen LogP contribution in [0.2, 0.25) is 0 Å². The van der Waals surface area contributed by atoms with E-state index >= 15 is 0 Å². The Balaban J connectivity index is 1.52. The number of aromatic nitrogens is 2. The molecule has 8 nitrogen and oxygen atoms in total. The predicted molar refractivity (Wildman–Crippen MR) is 109 cm³/mol. The van der Waals surface area contributed by atoms with Crippen LogP contribution in [0.3, 0.4) is 0 Å². The summed E-state index contributed by atoms with van der Waals surface area (Å²) in [5.74, 6) is 2.16. The molecule has 0 atom stereocenters. The molecule has 1 saturated heterocycles. The first kappa shape index (κ1) is 19.6. The Morgan fingerprint density at radius 3 is 2.39 bits per heavy atom. The molecule has 1 aromatic heterocycles. The van der Waals surface area contributed by atoms with Gasteiger partial charge in [-0.3, -0.25) is 9.59 Å². The number of carbonyl (C=O) groups excluding carboxylic acids is 2. The van der Waals surface area contributed by atoms with Gasteiger partial charge in [-0.05, 0) is 19.1 Å². The van der Waals surface area contributed by atoms with Crippen molar-refractivity contribution in [2.24, 2.45) is 0 Å². The van der Waals surface area contributed by atoms with Gasteiger partial charge in [0.25, 0.3) is 5.91 Å². The number of hydrogen-bond acceptors (Lipinski definition) is 6. The molecule has 3 rings (SSSR count). The molecule has 0 radical (unpaired) electrons. The zero-order chi connectivity index (χ0) is 20.1. The SMILES string of the molecule is Cc1nc(N(C)C)cc(N2CCN(C(=O)CNC(=O)c3ccccc3)CC2)n1. The molecular weight excluding hydrogens is 356 g/mol. The number of carbonyl (C=O) groups is 2. The molecule has 2 heterocycles. The van der Waals surface area contributed by atoms with E-state index in [4.69, 9.17) is 0 Å². The molecule has 0 saturated carbocycles. The molecule has 28 heavy (non-hydrogen) atoms. The summed E-state index contributed by atoms with van der Waals surface area (Å²) in [5.41, 5.74) is 0.552. The summed E-state index contributed by atoms with van der Waals surface area (Å²) in [6, 6.07) is 10.9. The minimum absolute atomic E-state index is 0.00508. The largest absolute Gasteiger partial charge is 0.363 e. The van der Waals surface area contributed by atoms with Gasteiger partial charge in [-0.15, -0.1) is 0 Å². The highest BCUT2D eigenvalue weighted by molar-refractivity contribution is 5.96. The van der Waals surface area contributed by atoms with Crippen molar-refractivity contribution in [2.45, 2.75) is 6.92 Å².